The fourth-order valence-electron chi connectivity index (χ4n) is 1.00. The molecule has 0 radical (unpaired) electrons. The van der Waals surface area contributed by atoms with E-state index in [-0.39, 0.29) is 6.42 Å². The van der Waals surface area contributed by atoms with Gasteiger partial charge in [0.25, 0.3) is 0 Å². The summed E-state index contributed by atoms with van der Waals surface area (Å²) in [5, 5.41) is 1.77. The van der Waals surface area contributed by atoms with E-state index in [1.807, 2.05) is 0 Å². The van der Waals surface area contributed by atoms with Crippen molar-refractivity contribution >= 4 is 39.3 Å². The van der Waals surface area contributed by atoms with Crippen LogP contribution in [-0.4, -0.2) is 22.5 Å². The van der Waals surface area contributed by atoms with Crippen LogP contribution in [0.4, 0.5) is 13.2 Å². The predicted molar refractivity (Wildman–Crippen MR) is 59.3 cm³/mol. The molecule has 0 aromatic rings. The number of halogens is 5. The highest BCUT2D eigenvalue weighted by molar-refractivity contribution is 9.09. The summed E-state index contributed by atoms with van der Waals surface area (Å²) in [5.74, 6) is 0. The van der Waals surface area contributed by atoms with Crippen LogP contribution in [0.25, 0.3) is 0 Å². The van der Waals surface area contributed by atoms with E-state index < -0.39 is 16.1 Å². The first kappa shape index (κ1) is 13.7. The van der Waals surface area contributed by atoms with Crippen molar-refractivity contribution in [3.8, 4) is 0 Å². The largest absolute Gasteiger partial charge is 0.413 e. The molecule has 0 amide bonds. The summed E-state index contributed by atoms with van der Waals surface area (Å²) in [6.45, 7) is 0.348. The van der Waals surface area contributed by atoms with Gasteiger partial charge < -0.3 is 4.74 Å². The average molecular weight is 326 g/mol. The molecule has 0 aliphatic carbocycles. The average Bonchev–Trinajstić information content (AvgIpc) is 2.48. The summed E-state index contributed by atoms with van der Waals surface area (Å²) in [7, 11) is 0. The van der Waals surface area contributed by atoms with E-state index in [2.05, 4.69) is 15.9 Å². The summed E-state index contributed by atoms with van der Waals surface area (Å²) in [4.78, 5) is 0. The summed E-state index contributed by atoms with van der Waals surface area (Å²) < 4.78 is 40.8. The van der Waals surface area contributed by atoms with Crippen LogP contribution in [0.15, 0.2) is 11.0 Å². The van der Waals surface area contributed by atoms with Crippen LogP contribution < -0.4 is 0 Å². The van der Waals surface area contributed by atoms with Crippen molar-refractivity contribution < 1.29 is 17.9 Å². The summed E-state index contributed by atoms with van der Waals surface area (Å²) in [5.41, 5.74) is -0.624. The van der Waals surface area contributed by atoms with Gasteiger partial charge in [0, 0.05) is 17.3 Å². The maximum absolute atomic E-state index is 12.3. The molecule has 0 bridgehead atoms. The van der Waals surface area contributed by atoms with Crippen LogP contribution in [0.5, 0.6) is 0 Å². The van der Waals surface area contributed by atoms with E-state index in [4.69, 9.17) is 16.3 Å². The van der Waals surface area contributed by atoms with Gasteiger partial charge in [0.1, 0.15) is 0 Å². The van der Waals surface area contributed by atoms with E-state index in [1.165, 1.54) is 0 Å². The predicted octanol–water partition coefficient (Wildman–Crippen LogP) is 4.26. The second kappa shape index (κ2) is 5.29. The Kier molecular flexibility index (Phi) is 4.83. The Morgan fingerprint density at radius 2 is 2.27 bits per heavy atom. The Hall–Kier alpha value is 0.610. The van der Waals surface area contributed by atoms with E-state index in [0.29, 0.717) is 6.61 Å². The lowest BCUT2D eigenvalue weighted by Gasteiger charge is -2.21. The first-order chi connectivity index (χ1) is 6.87. The summed E-state index contributed by atoms with van der Waals surface area (Å²) in [6.07, 6.45) is -3.89. The molecule has 0 N–H and O–H groups in total. The normalized spacial score (nSPS) is 26.9. The molecule has 1 atom stereocenters. The third-order valence-corrected chi connectivity index (χ3v) is 3.83. The van der Waals surface area contributed by atoms with Gasteiger partial charge in [0.15, 0.2) is 4.39 Å². The van der Waals surface area contributed by atoms with Crippen molar-refractivity contribution in [3.63, 3.8) is 0 Å². The van der Waals surface area contributed by atoms with Gasteiger partial charge in [-0.15, -0.1) is 0 Å². The van der Waals surface area contributed by atoms with Crippen LogP contribution in [-0.2, 0) is 4.74 Å². The highest BCUT2D eigenvalue weighted by Gasteiger charge is 2.45. The minimum Gasteiger partial charge on any atom is -0.350 e. The van der Waals surface area contributed by atoms with Gasteiger partial charge in [-0.3, -0.25) is 0 Å². The maximum atomic E-state index is 12.3. The second-order valence-corrected chi connectivity index (χ2v) is 5.74. The topological polar surface area (TPSA) is 9.23 Å². The van der Waals surface area contributed by atoms with Crippen molar-refractivity contribution in [2.75, 3.05) is 11.9 Å². The van der Waals surface area contributed by atoms with Gasteiger partial charge in [-0.2, -0.15) is 13.2 Å². The molecule has 0 fully saturated rings. The zero-order chi connectivity index (χ0) is 11.5. The van der Waals surface area contributed by atoms with E-state index in [0.717, 1.165) is 28.9 Å². The van der Waals surface area contributed by atoms with Gasteiger partial charge in [-0.1, -0.05) is 39.3 Å². The molecule has 1 heterocycles. The maximum Gasteiger partial charge on any atom is 0.413 e. The zero-order valence-electron chi connectivity index (χ0n) is 7.61. The molecule has 15 heavy (non-hydrogen) atoms. The highest BCUT2D eigenvalue weighted by atomic mass is 79.9. The molecule has 0 aromatic carbocycles. The third kappa shape index (κ3) is 4.17. The van der Waals surface area contributed by atoms with Gasteiger partial charge in [0.2, 0.25) is 0 Å². The fourth-order valence-corrected chi connectivity index (χ4v) is 2.51. The Labute approximate surface area is 104 Å². The second-order valence-electron chi connectivity index (χ2n) is 2.99. The molecule has 0 saturated carbocycles. The number of alkyl halides is 5. The van der Waals surface area contributed by atoms with Gasteiger partial charge in [-0.05, 0) is 11.8 Å². The lowest BCUT2D eigenvalue weighted by atomic mass is 10.2. The minimum absolute atomic E-state index is 0.301. The van der Waals surface area contributed by atoms with Crippen molar-refractivity contribution in [3.05, 3.63) is 11.0 Å². The SMILES string of the molecule is FC(F)(F)C1=CSC(Cl)(OCCCBr)C1. The Morgan fingerprint density at radius 1 is 1.60 bits per heavy atom. The molecule has 1 rings (SSSR count). The lowest BCUT2D eigenvalue weighted by molar-refractivity contribution is -0.0964. The van der Waals surface area contributed by atoms with Crippen LogP contribution in [0, 0.1) is 0 Å². The van der Waals surface area contributed by atoms with Crippen LogP contribution in [0.2, 0.25) is 0 Å². The highest BCUT2D eigenvalue weighted by Crippen LogP contribution is 2.49. The Balaban J connectivity index is 2.43. The molecule has 1 nitrogen and oxygen atoms in total. The van der Waals surface area contributed by atoms with Gasteiger partial charge in [0.05, 0.1) is 6.61 Å². The molecule has 0 saturated heterocycles. The number of ether oxygens (including phenoxy) is 1. The minimum atomic E-state index is -4.30. The first-order valence-electron chi connectivity index (χ1n) is 4.20. The number of thioether (sulfide) groups is 1. The number of hydrogen-bond acceptors (Lipinski definition) is 2. The Bertz CT molecular complexity index is 259. The molecule has 1 unspecified atom stereocenters. The van der Waals surface area contributed by atoms with Crippen LogP contribution in [0.3, 0.4) is 0 Å². The van der Waals surface area contributed by atoms with E-state index in [9.17, 15) is 13.2 Å². The van der Waals surface area contributed by atoms with Gasteiger partial charge in [-0.25, -0.2) is 0 Å². The molecule has 7 heteroatoms. The number of hydrogen-bond donors (Lipinski definition) is 0. The molecule has 0 spiro atoms. The smallest absolute Gasteiger partial charge is 0.350 e. The van der Waals surface area contributed by atoms with Gasteiger partial charge >= 0.3 is 6.18 Å². The standard InChI is InChI=1S/C8H9BrClF3OS/c9-2-1-3-14-7(10)4-6(5-15-7)8(11,12)13/h5H,1-4H2. The fraction of sp³-hybridized carbons (Fsp3) is 0.750. The van der Waals surface area contributed by atoms with Crippen molar-refractivity contribution in [1.82, 2.24) is 0 Å². The van der Waals surface area contributed by atoms with E-state index in [1.54, 1.807) is 0 Å². The third-order valence-electron chi connectivity index (χ3n) is 1.74. The van der Waals surface area contributed by atoms with Crippen LogP contribution in [0.1, 0.15) is 12.8 Å². The monoisotopic (exact) mass is 324 g/mol. The molecular formula is C8H9BrClF3OS. The number of rotatable bonds is 4. The molecular weight excluding hydrogens is 317 g/mol. The quantitative estimate of drug-likeness (QED) is 0.564. The first-order valence-corrected chi connectivity index (χ1v) is 6.58. The lowest BCUT2D eigenvalue weighted by Crippen LogP contribution is -2.22. The molecule has 0 aromatic heterocycles. The Morgan fingerprint density at radius 3 is 2.73 bits per heavy atom. The summed E-state index contributed by atoms with van der Waals surface area (Å²) in [6, 6.07) is 0. The molecule has 88 valence electrons. The van der Waals surface area contributed by atoms with Crippen molar-refractivity contribution in [2.45, 2.75) is 23.4 Å². The molecule has 1 aliphatic heterocycles. The zero-order valence-corrected chi connectivity index (χ0v) is 10.8. The van der Waals surface area contributed by atoms with Crippen molar-refractivity contribution in [1.29, 1.82) is 0 Å². The van der Waals surface area contributed by atoms with E-state index >= 15 is 0 Å². The van der Waals surface area contributed by atoms with Crippen LogP contribution >= 0.6 is 39.3 Å². The molecule has 1 aliphatic rings. The summed E-state index contributed by atoms with van der Waals surface area (Å²) >= 11 is 9.95. The van der Waals surface area contributed by atoms with Crippen molar-refractivity contribution in [2.24, 2.45) is 0 Å².